The van der Waals surface area contributed by atoms with Gasteiger partial charge in [-0.25, -0.2) is 4.98 Å². The van der Waals surface area contributed by atoms with Crippen LogP contribution >= 0.6 is 0 Å². The zero-order valence-corrected chi connectivity index (χ0v) is 6.79. The smallest absolute Gasteiger partial charge is 0.197 e. The topological polar surface area (TPSA) is 85.7 Å². The summed E-state index contributed by atoms with van der Waals surface area (Å²) in [6.45, 7) is 3.30. The van der Waals surface area contributed by atoms with Gasteiger partial charge in [0.2, 0.25) is 0 Å². The van der Waals surface area contributed by atoms with Gasteiger partial charge in [-0.2, -0.15) is 9.99 Å². The molecule has 0 saturated carbocycles. The molecule has 0 radical (unpaired) electrons. The van der Waals surface area contributed by atoms with Gasteiger partial charge >= 0.3 is 0 Å². The molecule has 0 amide bonds. The molecule has 1 aromatic rings. The predicted molar refractivity (Wildman–Crippen MR) is 39.5 cm³/mol. The Balaban J connectivity index is 3.64. The quantitative estimate of drug-likeness (QED) is 0.533. The molecule has 0 atom stereocenters. The van der Waals surface area contributed by atoms with Crippen LogP contribution < -0.4 is 5.49 Å². The highest BCUT2D eigenvalue weighted by molar-refractivity contribution is 5.20. The maximum Gasteiger partial charge on any atom is 0.197 e. The maximum atomic E-state index is 9.24. The molecule has 12 heavy (non-hydrogen) atoms. The van der Waals surface area contributed by atoms with Crippen molar-refractivity contribution < 1.29 is 5.21 Å². The fraction of sp³-hybridized carbons (Fsp3) is 0.286. The highest BCUT2D eigenvalue weighted by Crippen LogP contribution is 1.98. The fourth-order valence-corrected chi connectivity index (χ4v) is 0.801. The number of aromatic nitrogens is 2. The Labute approximate surface area is 69.0 Å². The van der Waals surface area contributed by atoms with Crippen molar-refractivity contribution in [2.75, 3.05) is 0 Å². The van der Waals surface area contributed by atoms with E-state index in [-0.39, 0.29) is 11.2 Å². The average molecular weight is 164 g/mol. The predicted octanol–water partition coefficient (Wildman–Crippen LogP) is 0.0884. The third-order valence-electron chi connectivity index (χ3n) is 1.66. The minimum Gasteiger partial charge on any atom is -0.427 e. The molecular weight excluding hydrogens is 156 g/mol. The monoisotopic (exact) mass is 164 g/mol. The first-order chi connectivity index (χ1) is 5.57. The Hall–Kier alpha value is -1.83. The normalized spacial score (nSPS) is 9.42. The van der Waals surface area contributed by atoms with E-state index in [1.807, 2.05) is 0 Å². The van der Waals surface area contributed by atoms with Crippen molar-refractivity contribution in [2.45, 2.75) is 13.8 Å². The van der Waals surface area contributed by atoms with Crippen LogP contribution in [0.4, 0.5) is 0 Å². The zero-order chi connectivity index (χ0) is 9.30. The minimum atomic E-state index is -0.277. The molecular formula is C7H8N4O. The molecule has 5 heteroatoms. The molecule has 0 spiro atoms. The summed E-state index contributed by atoms with van der Waals surface area (Å²) in [7, 11) is 0. The lowest BCUT2D eigenvalue weighted by Gasteiger charge is -2.05. The van der Waals surface area contributed by atoms with Gasteiger partial charge in [0.15, 0.2) is 11.2 Å². The summed E-state index contributed by atoms with van der Waals surface area (Å²) in [5.74, 6) is 0. The molecule has 0 aliphatic rings. The number of aryl methyl sites for hydroxylation is 1. The molecule has 0 aromatic carbocycles. The molecule has 1 rings (SSSR count). The van der Waals surface area contributed by atoms with Crippen LogP contribution in [0.1, 0.15) is 17.1 Å². The Morgan fingerprint density at radius 3 is 2.67 bits per heavy atom. The summed E-state index contributed by atoms with van der Waals surface area (Å²) >= 11 is 0. The molecule has 0 fully saturated rings. The van der Waals surface area contributed by atoms with Crippen LogP contribution in [0, 0.1) is 30.6 Å². The Morgan fingerprint density at radius 2 is 2.17 bits per heavy atom. The van der Waals surface area contributed by atoms with Crippen LogP contribution in [-0.4, -0.2) is 14.9 Å². The van der Waals surface area contributed by atoms with Gasteiger partial charge in [-0.05, 0) is 13.8 Å². The first kappa shape index (κ1) is 8.27. The van der Waals surface area contributed by atoms with Gasteiger partial charge in [-0.15, -0.1) is 0 Å². The lowest BCUT2D eigenvalue weighted by atomic mass is 10.3. The van der Waals surface area contributed by atoms with Gasteiger partial charge in [0.1, 0.15) is 6.07 Å². The lowest BCUT2D eigenvalue weighted by molar-refractivity contribution is 0.161. The van der Waals surface area contributed by atoms with Gasteiger partial charge in [0, 0.05) is 0 Å². The molecule has 1 aromatic heterocycles. The van der Waals surface area contributed by atoms with E-state index in [0.29, 0.717) is 16.1 Å². The molecule has 0 bridgehead atoms. The van der Waals surface area contributed by atoms with E-state index in [9.17, 15) is 5.21 Å². The number of nitriles is 1. The van der Waals surface area contributed by atoms with Gasteiger partial charge in [0.25, 0.3) is 0 Å². The van der Waals surface area contributed by atoms with Crippen molar-refractivity contribution in [3.05, 3.63) is 22.6 Å². The van der Waals surface area contributed by atoms with E-state index in [1.54, 1.807) is 19.9 Å². The van der Waals surface area contributed by atoms with Gasteiger partial charge < -0.3 is 5.21 Å². The summed E-state index contributed by atoms with van der Waals surface area (Å²) in [6, 6.07) is 1.72. The molecule has 0 aliphatic heterocycles. The third-order valence-corrected chi connectivity index (χ3v) is 1.66. The summed E-state index contributed by atoms with van der Waals surface area (Å²) < 4.78 is 0.654. The van der Waals surface area contributed by atoms with Crippen molar-refractivity contribution >= 4 is 0 Å². The van der Waals surface area contributed by atoms with Gasteiger partial charge in [-0.3, -0.25) is 5.41 Å². The van der Waals surface area contributed by atoms with Crippen molar-refractivity contribution in [2.24, 2.45) is 0 Å². The molecule has 62 valence electrons. The molecule has 2 N–H and O–H groups in total. The van der Waals surface area contributed by atoms with E-state index < -0.39 is 0 Å². The Kier molecular flexibility index (Phi) is 1.83. The highest BCUT2D eigenvalue weighted by Gasteiger charge is 2.05. The standard InChI is InChI=1S/C7H8N4O/c1-4-5(2)11(12)7(9)6(3-8)10-4/h9,12H,1-2H3. The van der Waals surface area contributed by atoms with Gasteiger partial charge in [-0.1, -0.05) is 0 Å². The zero-order valence-electron chi connectivity index (χ0n) is 6.79. The summed E-state index contributed by atoms with van der Waals surface area (Å²) in [5.41, 5.74) is 0.672. The maximum absolute atomic E-state index is 9.24. The number of hydrogen-bond donors (Lipinski definition) is 2. The Morgan fingerprint density at radius 1 is 1.58 bits per heavy atom. The van der Waals surface area contributed by atoms with E-state index in [0.717, 1.165) is 0 Å². The molecule has 5 nitrogen and oxygen atoms in total. The number of nitrogens with zero attached hydrogens (tertiary/aromatic N) is 3. The van der Waals surface area contributed by atoms with E-state index in [4.69, 9.17) is 10.7 Å². The SMILES string of the molecule is Cc1nc(C#N)c(=N)n(O)c1C. The molecule has 0 unspecified atom stereocenters. The second kappa shape index (κ2) is 2.66. The van der Waals surface area contributed by atoms with E-state index >= 15 is 0 Å². The first-order valence-corrected chi connectivity index (χ1v) is 3.32. The summed E-state index contributed by atoms with van der Waals surface area (Å²) in [6.07, 6.45) is 0. The minimum absolute atomic E-state index is 0.0689. The number of nitrogens with one attached hydrogen (secondary N) is 1. The van der Waals surface area contributed by atoms with Crippen LogP contribution in [0.2, 0.25) is 0 Å². The number of rotatable bonds is 0. The average Bonchev–Trinajstić information content (AvgIpc) is 2.08. The lowest BCUT2D eigenvalue weighted by Crippen LogP contribution is -2.25. The first-order valence-electron chi connectivity index (χ1n) is 3.32. The second-order valence-corrected chi connectivity index (χ2v) is 2.40. The van der Waals surface area contributed by atoms with E-state index in [1.165, 1.54) is 0 Å². The van der Waals surface area contributed by atoms with Gasteiger partial charge in [0.05, 0.1) is 11.4 Å². The fourth-order valence-electron chi connectivity index (χ4n) is 0.801. The van der Waals surface area contributed by atoms with Crippen LogP contribution in [0.25, 0.3) is 0 Å². The largest absolute Gasteiger partial charge is 0.427 e. The third kappa shape index (κ3) is 1.03. The molecule has 1 heterocycles. The second-order valence-electron chi connectivity index (χ2n) is 2.40. The van der Waals surface area contributed by atoms with E-state index in [2.05, 4.69) is 4.98 Å². The van der Waals surface area contributed by atoms with Crippen molar-refractivity contribution in [3.63, 3.8) is 0 Å². The Bertz CT molecular complexity index is 413. The molecule has 0 saturated heterocycles. The van der Waals surface area contributed by atoms with Crippen molar-refractivity contribution in [1.29, 1.82) is 10.7 Å². The summed E-state index contributed by atoms with van der Waals surface area (Å²) in [5, 5.41) is 25.0. The van der Waals surface area contributed by atoms with Crippen LogP contribution in [0.5, 0.6) is 0 Å². The van der Waals surface area contributed by atoms with Crippen LogP contribution in [-0.2, 0) is 0 Å². The number of hydrogen-bond acceptors (Lipinski definition) is 4. The van der Waals surface area contributed by atoms with Crippen LogP contribution in [0.3, 0.4) is 0 Å². The highest BCUT2D eigenvalue weighted by atomic mass is 16.5. The summed E-state index contributed by atoms with van der Waals surface area (Å²) in [4.78, 5) is 3.82. The van der Waals surface area contributed by atoms with Crippen molar-refractivity contribution in [1.82, 2.24) is 9.71 Å². The van der Waals surface area contributed by atoms with Crippen LogP contribution in [0.15, 0.2) is 0 Å². The van der Waals surface area contributed by atoms with Crippen molar-refractivity contribution in [3.8, 4) is 6.07 Å². The molecule has 0 aliphatic carbocycles.